The Balaban J connectivity index is 1.72. The van der Waals surface area contributed by atoms with Crippen LogP contribution in [0.4, 0.5) is 11.5 Å². The summed E-state index contributed by atoms with van der Waals surface area (Å²) in [7, 11) is 6.63. The molecule has 0 aliphatic heterocycles. The van der Waals surface area contributed by atoms with Crippen LogP contribution in [0.3, 0.4) is 0 Å². The number of aryl methyl sites for hydroxylation is 2. The molecular weight excluding hydrogens is 520 g/mol. The predicted octanol–water partition coefficient (Wildman–Crippen LogP) is 5.78. The summed E-state index contributed by atoms with van der Waals surface area (Å²) in [5.74, 6) is 2.65. The van der Waals surface area contributed by atoms with Crippen LogP contribution >= 0.6 is 0 Å². The Morgan fingerprint density at radius 1 is 0.976 bits per heavy atom. The zero-order valence-electron chi connectivity index (χ0n) is 25.0. The molecule has 0 unspecified atom stereocenters. The van der Waals surface area contributed by atoms with Crippen LogP contribution in [-0.4, -0.2) is 52.5 Å². The minimum Gasteiger partial charge on any atom is -0.493 e. The van der Waals surface area contributed by atoms with Gasteiger partial charge in [-0.1, -0.05) is 19.4 Å². The lowest BCUT2D eigenvalue weighted by Crippen LogP contribution is -2.40. The topological polar surface area (TPSA) is 112 Å². The van der Waals surface area contributed by atoms with Crippen molar-refractivity contribution < 1.29 is 19.0 Å². The van der Waals surface area contributed by atoms with E-state index in [4.69, 9.17) is 29.3 Å². The number of aromatic nitrogens is 4. The molecule has 2 aromatic carbocycles. The average molecular weight is 559 g/mol. The van der Waals surface area contributed by atoms with Crippen molar-refractivity contribution in [3.05, 3.63) is 59.0 Å². The lowest BCUT2D eigenvalue weighted by molar-refractivity contribution is 0.0919. The standard InChI is InChI=1S/C31H38N6O4/c1-9-10-22-26-27(37(5)36-22)29(32-21-14-12-20(13-15-21)30(38)35-31(2,3)4)34-25(33-26)16-11-19-17-23(39-6)28(41-8)24(18-19)40-7/h11-18H,9-10H2,1-8H3,(H,35,38)(H,32,33,34)/b16-11+. The first-order valence-electron chi connectivity index (χ1n) is 13.5. The molecule has 2 heterocycles. The molecule has 0 saturated carbocycles. The van der Waals surface area contributed by atoms with E-state index in [2.05, 4.69) is 17.6 Å². The SMILES string of the molecule is CCCc1nn(C)c2c(Nc3ccc(C(=O)NC(C)(C)C)cc3)nc(/C=C/c3cc(OC)c(OC)c(OC)c3)nc12. The second kappa shape index (κ2) is 12.3. The van der Waals surface area contributed by atoms with Crippen LogP contribution in [0.5, 0.6) is 17.2 Å². The number of carbonyl (C=O) groups is 1. The van der Waals surface area contributed by atoms with Crippen molar-refractivity contribution in [3.63, 3.8) is 0 Å². The summed E-state index contributed by atoms with van der Waals surface area (Å²) in [6.45, 7) is 7.98. The summed E-state index contributed by atoms with van der Waals surface area (Å²) in [6, 6.07) is 11.0. The Labute approximate surface area is 240 Å². The van der Waals surface area contributed by atoms with Gasteiger partial charge in [0.25, 0.3) is 5.91 Å². The highest BCUT2D eigenvalue weighted by atomic mass is 16.5. The van der Waals surface area contributed by atoms with E-state index < -0.39 is 0 Å². The van der Waals surface area contributed by atoms with Crippen molar-refractivity contribution in [2.24, 2.45) is 7.05 Å². The lowest BCUT2D eigenvalue weighted by atomic mass is 10.1. The summed E-state index contributed by atoms with van der Waals surface area (Å²) in [5, 5.41) is 11.1. The van der Waals surface area contributed by atoms with Crippen molar-refractivity contribution in [1.82, 2.24) is 25.1 Å². The molecule has 0 aliphatic carbocycles. The molecular formula is C31H38N6O4. The third-order valence-electron chi connectivity index (χ3n) is 6.27. The van der Waals surface area contributed by atoms with Gasteiger partial charge in [0.05, 0.1) is 27.0 Å². The van der Waals surface area contributed by atoms with Crippen molar-refractivity contribution in [3.8, 4) is 17.2 Å². The molecule has 1 amide bonds. The summed E-state index contributed by atoms with van der Waals surface area (Å²) in [6.07, 6.45) is 5.47. The number of fused-ring (bicyclic) bond motifs is 1. The molecule has 0 saturated heterocycles. The van der Waals surface area contributed by atoms with Gasteiger partial charge in [0.1, 0.15) is 11.0 Å². The van der Waals surface area contributed by atoms with Gasteiger partial charge in [0, 0.05) is 23.8 Å². The minimum atomic E-state index is -0.317. The molecule has 4 rings (SSSR count). The van der Waals surface area contributed by atoms with Crippen LogP contribution < -0.4 is 24.8 Å². The first kappa shape index (κ1) is 29.4. The molecule has 216 valence electrons. The Morgan fingerprint density at radius 3 is 2.20 bits per heavy atom. The third-order valence-corrected chi connectivity index (χ3v) is 6.27. The fourth-order valence-corrected chi connectivity index (χ4v) is 4.45. The number of methoxy groups -OCH3 is 3. The summed E-state index contributed by atoms with van der Waals surface area (Å²) in [5.41, 5.74) is 4.38. The van der Waals surface area contributed by atoms with Crippen LogP contribution in [0.1, 0.15) is 61.6 Å². The molecule has 41 heavy (non-hydrogen) atoms. The normalized spacial score (nSPS) is 11.6. The quantitative estimate of drug-likeness (QED) is 0.252. The summed E-state index contributed by atoms with van der Waals surface area (Å²) < 4.78 is 18.2. The lowest BCUT2D eigenvalue weighted by Gasteiger charge is -2.20. The fourth-order valence-electron chi connectivity index (χ4n) is 4.45. The van der Waals surface area contributed by atoms with Crippen molar-refractivity contribution in [2.75, 3.05) is 26.6 Å². The third kappa shape index (κ3) is 6.77. The number of nitrogens with zero attached hydrogens (tertiary/aromatic N) is 4. The van der Waals surface area contributed by atoms with Crippen LogP contribution in [0.25, 0.3) is 23.2 Å². The van der Waals surface area contributed by atoms with Crippen molar-refractivity contribution in [2.45, 2.75) is 46.1 Å². The second-order valence-electron chi connectivity index (χ2n) is 10.6. The van der Waals surface area contributed by atoms with Crippen molar-refractivity contribution in [1.29, 1.82) is 0 Å². The molecule has 4 aromatic rings. The first-order valence-corrected chi connectivity index (χ1v) is 13.5. The predicted molar refractivity (Wildman–Crippen MR) is 162 cm³/mol. The Hall–Kier alpha value is -4.60. The average Bonchev–Trinajstić information content (AvgIpc) is 3.25. The van der Waals surface area contributed by atoms with E-state index in [0.29, 0.717) is 34.5 Å². The molecule has 10 nitrogen and oxygen atoms in total. The van der Waals surface area contributed by atoms with E-state index in [1.807, 2.05) is 64.2 Å². The van der Waals surface area contributed by atoms with Gasteiger partial charge in [0.2, 0.25) is 5.75 Å². The van der Waals surface area contributed by atoms with Gasteiger partial charge in [-0.05, 0) is 75.2 Å². The first-order chi connectivity index (χ1) is 19.6. The molecule has 0 atom stereocenters. The monoisotopic (exact) mass is 558 g/mol. The minimum absolute atomic E-state index is 0.122. The van der Waals surface area contributed by atoms with E-state index in [9.17, 15) is 4.79 Å². The van der Waals surface area contributed by atoms with E-state index in [1.54, 1.807) is 38.1 Å². The van der Waals surface area contributed by atoms with Gasteiger partial charge in [0.15, 0.2) is 23.1 Å². The number of amides is 1. The maximum atomic E-state index is 12.6. The molecule has 0 fully saturated rings. The van der Waals surface area contributed by atoms with Crippen LogP contribution in [0.2, 0.25) is 0 Å². The molecule has 0 aliphatic rings. The highest BCUT2D eigenvalue weighted by molar-refractivity contribution is 5.95. The van der Waals surface area contributed by atoms with Gasteiger partial charge in [-0.3, -0.25) is 9.48 Å². The molecule has 2 N–H and O–H groups in total. The van der Waals surface area contributed by atoms with E-state index >= 15 is 0 Å². The molecule has 0 bridgehead atoms. The van der Waals surface area contributed by atoms with Crippen LogP contribution in [0.15, 0.2) is 36.4 Å². The molecule has 10 heteroatoms. The zero-order valence-corrected chi connectivity index (χ0v) is 25.0. The number of hydrogen-bond donors (Lipinski definition) is 2. The number of carbonyl (C=O) groups excluding carboxylic acids is 1. The maximum absolute atomic E-state index is 12.6. The van der Waals surface area contributed by atoms with Gasteiger partial charge in [-0.25, -0.2) is 9.97 Å². The number of ether oxygens (including phenoxy) is 3. The summed E-state index contributed by atoms with van der Waals surface area (Å²) in [4.78, 5) is 22.3. The summed E-state index contributed by atoms with van der Waals surface area (Å²) >= 11 is 0. The fraction of sp³-hybridized carbons (Fsp3) is 0.355. The Bertz CT molecular complexity index is 1540. The smallest absolute Gasteiger partial charge is 0.251 e. The van der Waals surface area contributed by atoms with E-state index in [0.717, 1.165) is 40.8 Å². The van der Waals surface area contributed by atoms with Gasteiger partial charge >= 0.3 is 0 Å². The molecule has 2 aromatic heterocycles. The number of hydrogen-bond acceptors (Lipinski definition) is 8. The van der Waals surface area contributed by atoms with Crippen molar-refractivity contribution >= 4 is 40.6 Å². The highest BCUT2D eigenvalue weighted by Crippen LogP contribution is 2.38. The van der Waals surface area contributed by atoms with Crippen LogP contribution in [-0.2, 0) is 13.5 Å². The van der Waals surface area contributed by atoms with Gasteiger partial charge in [-0.2, -0.15) is 5.10 Å². The second-order valence-corrected chi connectivity index (χ2v) is 10.6. The highest BCUT2D eigenvalue weighted by Gasteiger charge is 2.18. The number of rotatable bonds is 10. The Kier molecular flexibility index (Phi) is 8.80. The molecule has 0 spiro atoms. The number of benzene rings is 2. The zero-order chi connectivity index (χ0) is 29.7. The number of nitrogens with one attached hydrogen (secondary N) is 2. The van der Waals surface area contributed by atoms with Crippen LogP contribution in [0, 0.1) is 0 Å². The van der Waals surface area contributed by atoms with E-state index in [1.165, 1.54) is 0 Å². The van der Waals surface area contributed by atoms with E-state index in [-0.39, 0.29) is 11.4 Å². The Morgan fingerprint density at radius 2 is 1.63 bits per heavy atom. The largest absolute Gasteiger partial charge is 0.493 e. The molecule has 0 radical (unpaired) electrons. The number of anilines is 2. The van der Waals surface area contributed by atoms with Gasteiger partial charge < -0.3 is 24.8 Å². The van der Waals surface area contributed by atoms with Gasteiger partial charge in [-0.15, -0.1) is 0 Å². The maximum Gasteiger partial charge on any atom is 0.251 e.